The summed E-state index contributed by atoms with van der Waals surface area (Å²) in [5.74, 6) is -0.978. The van der Waals surface area contributed by atoms with Gasteiger partial charge >= 0.3 is 0 Å². The van der Waals surface area contributed by atoms with E-state index in [1.54, 1.807) is 0 Å². The Bertz CT molecular complexity index is 513. The quantitative estimate of drug-likeness (QED) is 0.643. The largest absolute Gasteiger partial charge is 0.395 e. The lowest BCUT2D eigenvalue weighted by Gasteiger charge is -2.21. The van der Waals surface area contributed by atoms with E-state index in [0.29, 0.717) is 4.90 Å². The van der Waals surface area contributed by atoms with Crippen LogP contribution >= 0.6 is 11.6 Å². The number of nitro benzene ring substituents is 1. The monoisotopic (exact) mass is 308 g/mol. The van der Waals surface area contributed by atoms with Crippen LogP contribution in [0.2, 0.25) is 5.02 Å². The molecule has 0 aliphatic heterocycles. The van der Waals surface area contributed by atoms with Gasteiger partial charge < -0.3 is 10.0 Å². The number of benzene rings is 1. The van der Waals surface area contributed by atoms with E-state index in [4.69, 9.17) is 16.7 Å². The van der Waals surface area contributed by atoms with Crippen molar-refractivity contribution in [3.63, 3.8) is 0 Å². The maximum Gasteiger partial charge on any atom is 0.282 e. The molecule has 9 heteroatoms. The van der Waals surface area contributed by atoms with Gasteiger partial charge in [-0.3, -0.25) is 14.9 Å². The van der Waals surface area contributed by atoms with Crippen molar-refractivity contribution in [3.05, 3.63) is 38.9 Å². The summed E-state index contributed by atoms with van der Waals surface area (Å²) in [4.78, 5) is 22.7. The highest BCUT2D eigenvalue weighted by Crippen LogP contribution is 2.24. The van der Waals surface area contributed by atoms with Crippen molar-refractivity contribution in [1.82, 2.24) is 4.90 Å². The van der Waals surface area contributed by atoms with Gasteiger partial charge in [0, 0.05) is 17.6 Å². The van der Waals surface area contributed by atoms with Gasteiger partial charge in [0.2, 0.25) is 0 Å². The molecule has 1 rings (SSSR count). The van der Waals surface area contributed by atoms with E-state index in [1.165, 1.54) is 6.07 Å². The third-order valence-electron chi connectivity index (χ3n) is 2.40. The van der Waals surface area contributed by atoms with Gasteiger partial charge in [0.25, 0.3) is 18.0 Å². The molecule has 0 bridgehead atoms. The number of nitrogens with zero attached hydrogens (tertiary/aromatic N) is 2. The normalized spacial score (nSPS) is 10.7. The molecule has 0 radical (unpaired) electrons. The molecule has 0 aliphatic carbocycles. The van der Waals surface area contributed by atoms with Crippen molar-refractivity contribution < 1.29 is 23.6 Å². The zero-order chi connectivity index (χ0) is 15.3. The summed E-state index contributed by atoms with van der Waals surface area (Å²) in [5.41, 5.74) is -0.923. The third-order valence-corrected chi connectivity index (χ3v) is 2.64. The van der Waals surface area contributed by atoms with Crippen LogP contribution < -0.4 is 0 Å². The van der Waals surface area contributed by atoms with Crippen LogP contribution in [0.15, 0.2) is 18.2 Å². The van der Waals surface area contributed by atoms with Crippen molar-refractivity contribution in [2.24, 2.45) is 0 Å². The maximum absolute atomic E-state index is 12.4. The summed E-state index contributed by atoms with van der Waals surface area (Å²) in [6.45, 7) is -1.82. The van der Waals surface area contributed by atoms with E-state index < -0.39 is 41.7 Å². The second-order valence-corrected chi connectivity index (χ2v) is 4.22. The minimum Gasteiger partial charge on any atom is -0.395 e. The minimum atomic E-state index is -2.82. The number of amides is 1. The van der Waals surface area contributed by atoms with Crippen LogP contribution in [0.25, 0.3) is 0 Å². The first kappa shape index (κ1) is 16.3. The van der Waals surface area contributed by atoms with Gasteiger partial charge in [-0.1, -0.05) is 11.6 Å². The van der Waals surface area contributed by atoms with E-state index >= 15 is 0 Å². The predicted octanol–water partition coefficient (Wildman–Crippen LogP) is 1.95. The Hall–Kier alpha value is -1.80. The van der Waals surface area contributed by atoms with E-state index in [-0.39, 0.29) is 11.6 Å². The smallest absolute Gasteiger partial charge is 0.282 e. The fourth-order valence-corrected chi connectivity index (χ4v) is 1.74. The number of aliphatic hydroxyl groups is 1. The first-order valence-corrected chi connectivity index (χ1v) is 5.86. The van der Waals surface area contributed by atoms with Gasteiger partial charge in [-0.05, 0) is 12.1 Å². The molecule has 0 unspecified atom stereocenters. The Morgan fingerprint density at radius 3 is 2.65 bits per heavy atom. The van der Waals surface area contributed by atoms with Crippen LogP contribution in [0.3, 0.4) is 0 Å². The summed E-state index contributed by atoms with van der Waals surface area (Å²) < 4.78 is 24.8. The van der Waals surface area contributed by atoms with Crippen LogP contribution in [0.5, 0.6) is 0 Å². The molecule has 1 aromatic rings. The van der Waals surface area contributed by atoms with E-state index in [1.807, 2.05) is 0 Å². The highest BCUT2D eigenvalue weighted by atomic mass is 35.5. The molecule has 0 spiro atoms. The average Bonchev–Trinajstić information content (AvgIpc) is 2.36. The van der Waals surface area contributed by atoms with Gasteiger partial charge in [-0.25, -0.2) is 8.78 Å². The zero-order valence-electron chi connectivity index (χ0n) is 10.1. The molecular formula is C11H11ClF2N2O4. The molecule has 0 atom stereocenters. The second kappa shape index (κ2) is 7.11. The van der Waals surface area contributed by atoms with Crippen LogP contribution in [0.1, 0.15) is 10.4 Å². The number of hydrogen-bond acceptors (Lipinski definition) is 4. The molecule has 20 heavy (non-hydrogen) atoms. The van der Waals surface area contributed by atoms with Crippen molar-refractivity contribution in [2.45, 2.75) is 6.43 Å². The van der Waals surface area contributed by atoms with E-state index in [0.717, 1.165) is 12.1 Å². The number of rotatable bonds is 6. The van der Waals surface area contributed by atoms with Gasteiger partial charge in [0.05, 0.1) is 18.1 Å². The van der Waals surface area contributed by atoms with Crippen molar-refractivity contribution in [1.29, 1.82) is 0 Å². The number of halogens is 3. The molecule has 0 aliphatic rings. The Morgan fingerprint density at radius 2 is 2.15 bits per heavy atom. The number of alkyl halides is 2. The fourth-order valence-electron chi connectivity index (χ4n) is 1.57. The first-order chi connectivity index (χ1) is 9.36. The Balaban J connectivity index is 3.16. The zero-order valence-corrected chi connectivity index (χ0v) is 10.9. The summed E-state index contributed by atoms with van der Waals surface area (Å²) in [7, 11) is 0. The van der Waals surface area contributed by atoms with E-state index in [9.17, 15) is 23.7 Å². The van der Waals surface area contributed by atoms with Crippen LogP contribution in [-0.4, -0.2) is 47.0 Å². The average molecular weight is 309 g/mol. The third kappa shape index (κ3) is 4.10. The summed E-state index contributed by atoms with van der Waals surface area (Å²) in [6, 6.07) is 3.28. The lowest BCUT2D eigenvalue weighted by atomic mass is 10.1. The van der Waals surface area contributed by atoms with Crippen molar-refractivity contribution >= 4 is 23.2 Å². The van der Waals surface area contributed by atoms with Crippen LogP contribution in [-0.2, 0) is 0 Å². The number of aliphatic hydroxyl groups excluding tert-OH is 1. The Kier molecular flexibility index (Phi) is 5.78. The Labute approximate surface area is 117 Å². The fraction of sp³-hybridized carbons (Fsp3) is 0.364. The number of carbonyl (C=O) groups is 1. The molecule has 6 nitrogen and oxygen atoms in total. The van der Waals surface area contributed by atoms with Crippen LogP contribution in [0.4, 0.5) is 14.5 Å². The molecule has 0 aromatic heterocycles. The minimum absolute atomic E-state index is 0.0694. The van der Waals surface area contributed by atoms with Gasteiger partial charge in [0.15, 0.2) is 0 Å². The maximum atomic E-state index is 12.4. The van der Waals surface area contributed by atoms with Crippen LogP contribution in [0, 0.1) is 10.1 Å². The molecule has 1 N–H and O–H groups in total. The van der Waals surface area contributed by atoms with Crippen molar-refractivity contribution in [2.75, 3.05) is 19.7 Å². The highest BCUT2D eigenvalue weighted by molar-refractivity contribution is 6.31. The first-order valence-electron chi connectivity index (χ1n) is 5.49. The molecule has 0 saturated heterocycles. The predicted molar refractivity (Wildman–Crippen MR) is 67.1 cm³/mol. The lowest BCUT2D eigenvalue weighted by Crippen LogP contribution is -2.37. The van der Waals surface area contributed by atoms with E-state index in [2.05, 4.69) is 0 Å². The standard InChI is InChI=1S/C11H11ClF2N2O4/c12-7-1-2-9(16(19)20)8(5-7)11(18)15(3-4-17)6-10(13)14/h1-2,5,10,17H,3-4,6H2. The SMILES string of the molecule is O=C(c1cc(Cl)ccc1[N+](=O)[O-])N(CCO)CC(F)F. The number of nitro groups is 1. The molecular weight excluding hydrogens is 298 g/mol. The lowest BCUT2D eigenvalue weighted by molar-refractivity contribution is -0.385. The number of hydrogen-bond donors (Lipinski definition) is 1. The molecule has 0 fully saturated rings. The topological polar surface area (TPSA) is 83.7 Å². The Morgan fingerprint density at radius 1 is 1.50 bits per heavy atom. The highest BCUT2D eigenvalue weighted by Gasteiger charge is 2.26. The summed E-state index contributed by atoms with van der Waals surface area (Å²) in [5, 5.41) is 19.7. The number of carbonyl (C=O) groups excluding carboxylic acids is 1. The summed E-state index contributed by atoms with van der Waals surface area (Å²) >= 11 is 5.66. The second-order valence-electron chi connectivity index (χ2n) is 3.78. The molecule has 0 saturated carbocycles. The van der Waals surface area contributed by atoms with Crippen molar-refractivity contribution in [3.8, 4) is 0 Å². The molecule has 1 amide bonds. The van der Waals surface area contributed by atoms with Gasteiger partial charge in [-0.2, -0.15) is 0 Å². The van der Waals surface area contributed by atoms with Gasteiger partial charge in [-0.15, -0.1) is 0 Å². The molecule has 1 aromatic carbocycles. The molecule has 110 valence electrons. The summed E-state index contributed by atoms with van der Waals surface area (Å²) in [6.07, 6.45) is -2.82. The molecule has 0 heterocycles. The van der Waals surface area contributed by atoms with Gasteiger partial charge in [0.1, 0.15) is 5.56 Å².